The molecule has 0 bridgehead atoms. The molecule has 5 rings (SSSR count). The van der Waals surface area contributed by atoms with Gasteiger partial charge in [0.25, 0.3) is 0 Å². The molecule has 0 saturated carbocycles. The van der Waals surface area contributed by atoms with Crippen LogP contribution >= 0.6 is 0 Å². The van der Waals surface area contributed by atoms with Gasteiger partial charge in [-0.3, -0.25) is 0 Å². The van der Waals surface area contributed by atoms with Crippen molar-refractivity contribution in [2.45, 2.75) is 11.8 Å². The average molecular weight is 442 g/mol. The van der Waals surface area contributed by atoms with E-state index in [9.17, 15) is 4.21 Å². The number of aryl methyl sites for hydroxylation is 1. The normalized spacial score (nSPS) is 12.0. The number of fused-ring (bicyclic) bond motifs is 1. The number of aromatic amines is 1. The van der Waals surface area contributed by atoms with E-state index >= 15 is 0 Å². The van der Waals surface area contributed by atoms with E-state index < -0.39 is 11.0 Å². The highest BCUT2D eigenvalue weighted by Crippen LogP contribution is 2.36. The van der Waals surface area contributed by atoms with Crippen LogP contribution in [0.2, 0.25) is 0 Å². The van der Waals surface area contributed by atoms with Crippen LogP contribution in [0.25, 0.3) is 33.5 Å². The van der Waals surface area contributed by atoms with Crippen molar-refractivity contribution in [3.05, 3.63) is 84.4 Å². The van der Waals surface area contributed by atoms with Crippen molar-refractivity contribution in [1.82, 2.24) is 15.2 Å². The Morgan fingerprint density at radius 1 is 1.03 bits per heavy atom. The molecule has 158 valence electrons. The van der Waals surface area contributed by atoms with Gasteiger partial charge in [-0.05, 0) is 47.5 Å². The average Bonchev–Trinajstić information content (AvgIpc) is 3.48. The maximum atomic E-state index is 13.0. The third kappa shape index (κ3) is 3.61. The van der Waals surface area contributed by atoms with Crippen molar-refractivity contribution in [2.24, 2.45) is 0 Å². The first-order chi connectivity index (χ1) is 15.6. The van der Waals surface area contributed by atoms with E-state index in [1.54, 1.807) is 19.1 Å². The van der Waals surface area contributed by atoms with Crippen LogP contribution in [0.1, 0.15) is 11.5 Å². The van der Waals surface area contributed by atoms with Gasteiger partial charge >= 0.3 is 0 Å². The first-order valence-electron chi connectivity index (χ1n) is 9.93. The Labute approximate surface area is 186 Å². The van der Waals surface area contributed by atoms with E-state index in [0.29, 0.717) is 33.5 Å². The second kappa shape index (κ2) is 8.24. The smallest absolute Gasteiger partial charge is 0.248 e. The summed E-state index contributed by atoms with van der Waals surface area (Å²) in [5.74, 6) is 0.731. The summed E-state index contributed by atoms with van der Waals surface area (Å²) < 4.78 is 21.8. The Bertz CT molecular complexity index is 1460. The second-order valence-corrected chi connectivity index (χ2v) is 8.40. The Morgan fingerprint density at radius 2 is 1.88 bits per heavy atom. The molecular weight excluding hydrogens is 422 g/mol. The predicted octanol–water partition coefficient (Wildman–Crippen LogP) is 5.33. The fraction of sp³-hybridized carbons (Fsp3) is 0.0417. The first-order valence-corrected chi connectivity index (χ1v) is 11.1. The van der Waals surface area contributed by atoms with E-state index in [4.69, 9.17) is 9.83 Å². The van der Waals surface area contributed by atoms with E-state index in [-0.39, 0.29) is 0 Å². The van der Waals surface area contributed by atoms with Gasteiger partial charge in [0.1, 0.15) is 11.0 Å². The zero-order valence-electron chi connectivity index (χ0n) is 17.1. The molecule has 7 nitrogen and oxygen atoms in total. The largest absolute Gasteiger partial charge is 0.421 e. The van der Waals surface area contributed by atoms with Crippen LogP contribution < -0.4 is 4.72 Å². The van der Waals surface area contributed by atoms with Crippen molar-refractivity contribution in [2.75, 3.05) is 4.72 Å². The molecule has 0 aliphatic heterocycles. The molecule has 0 aliphatic rings. The number of nitrogens with one attached hydrogen (secondary N) is 3. The van der Waals surface area contributed by atoms with E-state index in [1.807, 2.05) is 60.8 Å². The molecule has 0 amide bonds. The summed E-state index contributed by atoms with van der Waals surface area (Å²) in [6.07, 6.45) is 3.10. The minimum Gasteiger partial charge on any atom is -0.421 e. The number of hydrogen-bond acceptors (Lipinski definition) is 5. The predicted molar refractivity (Wildman–Crippen MR) is 126 cm³/mol. The third-order valence-corrected chi connectivity index (χ3v) is 6.25. The van der Waals surface area contributed by atoms with Crippen molar-refractivity contribution >= 4 is 33.8 Å². The van der Waals surface area contributed by atoms with Gasteiger partial charge in [0, 0.05) is 35.8 Å². The summed E-state index contributed by atoms with van der Waals surface area (Å²) in [6.45, 7) is 1.72. The number of aromatic nitrogens is 3. The zero-order valence-corrected chi connectivity index (χ0v) is 17.9. The van der Waals surface area contributed by atoms with Crippen LogP contribution in [0.5, 0.6) is 0 Å². The van der Waals surface area contributed by atoms with Gasteiger partial charge in [-0.2, -0.15) is 0 Å². The topological polar surface area (TPSA) is 108 Å². The molecule has 0 aliphatic carbocycles. The molecule has 2 aromatic heterocycles. The summed E-state index contributed by atoms with van der Waals surface area (Å²) >= 11 is 0. The summed E-state index contributed by atoms with van der Waals surface area (Å²) in [5, 5.41) is 17.2. The molecule has 0 spiro atoms. The van der Waals surface area contributed by atoms with Crippen molar-refractivity contribution < 1.29 is 8.63 Å². The van der Waals surface area contributed by atoms with Gasteiger partial charge in [0.15, 0.2) is 0 Å². The summed E-state index contributed by atoms with van der Waals surface area (Å²) in [6, 6.07) is 21.0. The Hall–Kier alpha value is -4.04. The van der Waals surface area contributed by atoms with Crippen LogP contribution in [0.3, 0.4) is 0 Å². The Balaban J connectivity index is 1.71. The number of nitrogens with zero attached hydrogens (tertiary/aromatic N) is 2. The lowest BCUT2D eigenvalue weighted by Crippen LogP contribution is -2.08. The number of rotatable bonds is 6. The van der Waals surface area contributed by atoms with Gasteiger partial charge in [-0.1, -0.05) is 30.3 Å². The lowest BCUT2D eigenvalue weighted by Gasteiger charge is -2.15. The van der Waals surface area contributed by atoms with Crippen LogP contribution in [0, 0.1) is 12.3 Å². The zero-order chi connectivity index (χ0) is 22.1. The summed E-state index contributed by atoms with van der Waals surface area (Å²) in [7, 11) is -1.52. The molecule has 0 radical (unpaired) electrons. The Morgan fingerprint density at radius 3 is 2.62 bits per heavy atom. The second-order valence-electron chi connectivity index (χ2n) is 7.18. The molecule has 1 atom stereocenters. The van der Waals surface area contributed by atoms with Crippen molar-refractivity contribution in [3.8, 4) is 22.6 Å². The molecule has 3 aromatic carbocycles. The molecule has 3 N–H and O–H groups in total. The molecule has 2 heterocycles. The van der Waals surface area contributed by atoms with Gasteiger partial charge in [-0.15, -0.1) is 10.2 Å². The quantitative estimate of drug-likeness (QED) is 0.310. The molecule has 5 aromatic rings. The van der Waals surface area contributed by atoms with E-state index in [1.165, 1.54) is 6.21 Å². The van der Waals surface area contributed by atoms with E-state index in [2.05, 4.69) is 19.9 Å². The third-order valence-electron chi connectivity index (χ3n) is 5.15. The standard InChI is InChI=1S/C24H19N5O2S/c1-15-27-28-24(31-15)20-12-16(18-8-5-9-22-19(18)10-11-26-22)13-23(21(20)14-25)29-32(30)17-6-3-2-4-7-17/h2-14,25-26,29H,1H3. The molecule has 0 saturated heterocycles. The lowest BCUT2D eigenvalue weighted by atomic mass is 9.95. The monoisotopic (exact) mass is 441 g/mol. The Kier molecular flexibility index (Phi) is 5.12. The summed E-state index contributed by atoms with van der Waals surface area (Å²) in [5.41, 5.74) is 4.53. The van der Waals surface area contributed by atoms with Crippen LogP contribution in [0.4, 0.5) is 5.69 Å². The molecule has 32 heavy (non-hydrogen) atoms. The van der Waals surface area contributed by atoms with Crippen molar-refractivity contribution in [3.63, 3.8) is 0 Å². The molecule has 8 heteroatoms. The van der Waals surface area contributed by atoms with Crippen LogP contribution in [-0.4, -0.2) is 25.6 Å². The van der Waals surface area contributed by atoms with Gasteiger partial charge in [0.2, 0.25) is 11.8 Å². The molecule has 1 unspecified atom stereocenters. The highest BCUT2D eigenvalue weighted by molar-refractivity contribution is 7.86. The first kappa shape index (κ1) is 19.9. The molecule has 0 fully saturated rings. The number of anilines is 1. The summed E-state index contributed by atoms with van der Waals surface area (Å²) in [4.78, 5) is 3.86. The number of hydrogen-bond donors (Lipinski definition) is 3. The highest BCUT2D eigenvalue weighted by Gasteiger charge is 2.19. The number of H-pyrrole nitrogens is 1. The SMILES string of the molecule is Cc1nnc(-c2cc(-c3cccc4[nH]ccc34)cc(NS(=O)c3ccccc3)c2C=N)o1. The minimum atomic E-state index is -1.52. The maximum absolute atomic E-state index is 13.0. The van der Waals surface area contributed by atoms with Gasteiger partial charge < -0.3 is 19.5 Å². The number of benzene rings is 3. The fourth-order valence-electron chi connectivity index (χ4n) is 3.67. The van der Waals surface area contributed by atoms with Crippen LogP contribution in [-0.2, 0) is 11.0 Å². The van der Waals surface area contributed by atoms with Gasteiger partial charge in [-0.25, -0.2) is 4.21 Å². The highest BCUT2D eigenvalue weighted by atomic mass is 32.2. The van der Waals surface area contributed by atoms with Gasteiger partial charge in [0.05, 0.1) is 16.1 Å². The van der Waals surface area contributed by atoms with E-state index in [0.717, 1.165) is 22.0 Å². The van der Waals surface area contributed by atoms with Crippen molar-refractivity contribution in [1.29, 1.82) is 5.41 Å². The minimum absolute atomic E-state index is 0.303. The molecular formula is C24H19N5O2S. The van der Waals surface area contributed by atoms with Crippen LogP contribution in [0.15, 0.2) is 82.2 Å². The maximum Gasteiger partial charge on any atom is 0.248 e. The lowest BCUT2D eigenvalue weighted by molar-refractivity contribution is 0.533. The fourth-order valence-corrected chi connectivity index (χ4v) is 4.56.